The third-order valence-corrected chi connectivity index (χ3v) is 3.81. The van der Waals surface area contributed by atoms with E-state index in [9.17, 15) is 19.5 Å². The molecule has 1 aromatic carbocycles. The topological polar surface area (TPSA) is 102 Å². The van der Waals surface area contributed by atoms with E-state index < -0.39 is 17.9 Å². The Morgan fingerprint density at radius 1 is 1.21 bits per heavy atom. The van der Waals surface area contributed by atoms with Crippen LogP contribution in [0, 0.1) is 0 Å². The van der Waals surface area contributed by atoms with Gasteiger partial charge in [0.1, 0.15) is 12.4 Å². The van der Waals surface area contributed by atoms with E-state index in [0.29, 0.717) is 4.47 Å². The van der Waals surface area contributed by atoms with E-state index in [-0.39, 0.29) is 35.9 Å². The van der Waals surface area contributed by atoms with Crippen LogP contribution in [0.2, 0.25) is 0 Å². The molecule has 128 valence electrons. The lowest BCUT2D eigenvalue weighted by Crippen LogP contribution is -2.39. The summed E-state index contributed by atoms with van der Waals surface area (Å²) < 4.78 is 15.3. The first-order valence-electron chi connectivity index (χ1n) is 6.68. The molecule has 1 heterocycles. The number of ether oxygens (including phenoxy) is 3. The molecule has 0 atom stereocenters. The second kappa shape index (κ2) is 7.45. The van der Waals surface area contributed by atoms with Crippen molar-refractivity contribution in [2.45, 2.75) is 0 Å². The van der Waals surface area contributed by atoms with Gasteiger partial charge in [0, 0.05) is 4.47 Å². The number of benzene rings is 1. The van der Waals surface area contributed by atoms with Crippen molar-refractivity contribution < 1.29 is 33.7 Å². The van der Waals surface area contributed by atoms with E-state index in [4.69, 9.17) is 9.47 Å². The third-order valence-electron chi connectivity index (χ3n) is 3.31. The van der Waals surface area contributed by atoms with Crippen LogP contribution in [0.5, 0.6) is 0 Å². The number of carbonyl (C=O) groups excluding carboxylic acids is 2. The smallest absolute Gasteiger partial charge is 0.355 e. The van der Waals surface area contributed by atoms with Crippen LogP contribution >= 0.6 is 15.9 Å². The van der Waals surface area contributed by atoms with Gasteiger partial charge in [0.2, 0.25) is 0 Å². The van der Waals surface area contributed by atoms with Gasteiger partial charge in [0.15, 0.2) is 0 Å². The van der Waals surface area contributed by atoms with Crippen LogP contribution in [0.4, 0.5) is 5.69 Å². The SMILES string of the molecule is COC(=O)C1=C(C(=O)OC)N(c2ccc(Br)cc2C(=O)O)COC1. The van der Waals surface area contributed by atoms with Crippen molar-refractivity contribution in [3.8, 4) is 0 Å². The molecule has 0 unspecified atom stereocenters. The highest BCUT2D eigenvalue weighted by molar-refractivity contribution is 9.10. The Labute approximate surface area is 145 Å². The zero-order chi connectivity index (χ0) is 17.9. The lowest BCUT2D eigenvalue weighted by molar-refractivity contribution is -0.140. The zero-order valence-corrected chi connectivity index (χ0v) is 14.5. The Morgan fingerprint density at radius 2 is 1.88 bits per heavy atom. The predicted octanol–water partition coefficient (Wildman–Crippen LogP) is 1.54. The fourth-order valence-electron chi connectivity index (χ4n) is 2.25. The molecule has 0 saturated carbocycles. The second-order valence-electron chi connectivity index (χ2n) is 4.68. The Bertz CT molecular complexity index is 729. The van der Waals surface area contributed by atoms with Crippen molar-refractivity contribution in [3.05, 3.63) is 39.5 Å². The normalized spacial score (nSPS) is 14.4. The summed E-state index contributed by atoms with van der Waals surface area (Å²) in [5.41, 5.74) is -0.0389. The summed E-state index contributed by atoms with van der Waals surface area (Å²) in [4.78, 5) is 36.9. The van der Waals surface area contributed by atoms with Crippen LogP contribution in [0.1, 0.15) is 10.4 Å². The van der Waals surface area contributed by atoms with Gasteiger partial charge in [-0.1, -0.05) is 15.9 Å². The molecule has 0 saturated heterocycles. The fourth-order valence-corrected chi connectivity index (χ4v) is 2.61. The van der Waals surface area contributed by atoms with Gasteiger partial charge in [-0.3, -0.25) is 0 Å². The predicted molar refractivity (Wildman–Crippen MR) is 85.5 cm³/mol. The first-order valence-corrected chi connectivity index (χ1v) is 7.48. The zero-order valence-electron chi connectivity index (χ0n) is 12.9. The number of hydrogen-bond donors (Lipinski definition) is 1. The molecule has 0 amide bonds. The van der Waals surface area contributed by atoms with Crippen molar-refractivity contribution in [3.63, 3.8) is 0 Å². The number of aromatic carboxylic acids is 1. The summed E-state index contributed by atoms with van der Waals surface area (Å²) in [6, 6.07) is 4.50. The maximum Gasteiger partial charge on any atom is 0.355 e. The quantitative estimate of drug-likeness (QED) is 0.760. The molecule has 9 heteroatoms. The minimum Gasteiger partial charge on any atom is -0.478 e. The number of nitrogens with zero attached hydrogens (tertiary/aromatic N) is 1. The minimum absolute atomic E-state index is 0.0464. The molecule has 1 aliphatic rings. The highest BCUT2D eigenvalue weighted by atomic mass is 79.9. The Hall–Kier alpha value is -2.39. The molecule has 1 aromatic rings. The number of anilines is 1. The lowest BCUT2D eigenvalue weighted by Gasteiger charge is -2.32. The van der Waals surface area contributed by atoms with Crippen LogP contribution in [0.3, 0.4) is 0 Å². The number of carbonyl (C=O) groups is 3. The van der Waals surface area contributed by atoms with Crippen LogP contribution in [-0.4, -0.2) is 50.6 Å². The number of esters is 2. The van der Waals surface area contributed by atoms with Gasteiger partial charge < -0.3 is 24.2 Å². The van der Waals surface area contributed by atoms with Gasteiger partial charge in [-0.25, -0.2) is 14.4 Å². The molecular weight excluding hydrogens is 386 g/mol. The lowest BCUT2D eigenvalue weighted by atomic mass is 10.1. The molecule has 24 heavy (non-hydrogen) atoms. The molecule has 1 aliphatic heterocycles. The summed E-state index contributed by atoms with van der Waals surface area (Å²) in [6.45, 7) is -0.265. The van der Waals surface area contributed by atoms with Gasteiger partial charge in [-0.2, -0.15) is 0 Å². The monoisotopic (exact) mass is 399 g/mol. The number of carboxylic acid groups (broad SMARTS) is 1. The second-order valence-corrected chi connectivity index (χ2v) is 5.60. The van der Waals surface area contributed by atoms with Gasteiger partial charge in [-0.05, 0) is 18.2 Å². The molecular formula is C15H14BrNO7. The fraction of sp³-hybridized carbons (Fsp3) is 0.267. The van der Waals surface area contributed by atoms with Gasteiger partial charge >= 0.3 is 17.9 Å². The van der Waals surface area contributed by atoms with E-state index >= 15 is 0 Å². The molecule has 1 N–H and O–H groups in total. The first-order chi connectivity index (χ1) is 11.4. The van der Waals surface area contributed by atoms with Crippen LogP contribution in [-0.2, 0) is 23.8 Å². The summed E-state index contributed by atoms with van der Waals surface area (Å²) in [7, 11) is 2.34. The number of hydrogen-bond acceptors (Lipinski definition) is 7. The summed E-state index contributed by atoms with van der Waals surface area (Å²) >= 11 is 3.20. The van der Waals surface area contributed by atoms with Crippen molar-refractivity contribution in [1.82, 2.24) is 0 Å². The van der Waals surface area contributed by atoms with Gasteiger partial charge in [-0.15, -0.1) is 0 Å². The molecule has 0 aromatic heterocycles. The molecule has 0 bridgehead atoms. The van der Waals surface area contributed by atoms with Crippen LogP contribution in [0.15, 0.2) is 33.9 Å². The van der Waals surface area contributed by atoms with E-state index in [2.05, 4.69) is 20.7 Å². The molecule has 8 nitrogen and oxygen atoms in total. The Kier molecular flexibility index (Phi) is 5.58. The highest BCUT2D eigenvalue weighted by Gasteiger charge is 2.34. The van der Waals surface area contributed by atoms with E-state index in [0.717, 1.165) is 7.11 Å². The summed E-state index contributed by atoms with van der Waals surface area (Å²) in [5.74, 6) is -2.74. The molecule has 0 fully saturated rings. The summed E-state index contributed by atoms with van der Waals surface area (Å²) in [5, 5.41) is 9.41. The van der Waals surface area contributed by atoms with Crippen molar-refractivity contribution >= 4 is 39.5 Å². The average Bonchev–Trinajstić information content (AvgIpc) is 2.59. The number of halogens is 1. The van der Waals surface area contributed by atoms with Crippen LogP contribution in [0.25, 0.3) is 0 Å². The molecule has 2 rings (SSSR count). The molecule has 0 aliphatic carbocycles. The average molecular weight is 400 g/mol. The van der Waals surface area contributed by atoms with E-state index in [1.807, 2.05) is 0 Å². The van der Waals surface area contributed by atoms with Gasteiger partial charge in [0.05, 0.1) is 37.7 Å². The molecule has 0 spiro atoms. The number of rotatable bonds is 4. The van der Waals surface area contributed by atoms with Crippen LogP contribution < -0.4 is 4.90 Å². The van der Waals surface area contributed by atoms with Crippen molar-refractivity contribution in [2.24, 2.45) is 0 Å². The van der Waals surface area contributed by atoms with Gasteiger partial charge in [0.25, 0.3) is 0 Å². The Balaban J connectivity index is 2.66. The largest absolute Gasteiger partial charge is 0.478 e. The third kappa shape index (κ3) is 3.41. The number of carboxylic acids is 1. The maximum atomic E-state index is 12.2. The maximum absolute atomic E-state index is 12.2. The number of methoxy groups -OCH3 is 2. The highest BCUT2D eigenvalue weighted by Crippen LogP contribution is 2.31. The van der Waals surface area contributed by atoms with E-state index in [1.165, 1.54) is 24.1 Å². The van der Waals surface area contributed by atoms with E-state index in [1.54, 1.807) is 6.07 Å². The minimum atomic E-state index is -1.19. The Morgan fingerprint density at radius 3 is 2.46 bits per heavy atom. The summed E-state index contributed by atoms with van der Waals surface area (Å²) in [6.07, 6.45) is 0. The van der Waals surface area contributed by atoms with Crippen molar-refractivity contribution in [2.75, 3.05) is 32.5 Å². The first kappa shape index (κ1) is 18.0. The molecule has 0 radical (unpaired) electrons. The standard InChI is InChI=1S/C15H14BrNO7/c1-22-14(20)10-6-24-7-17(12(10)15(21)23-2)11-4-3-8(16)5-9(11)13(18)19/h3-5H,6-7H2,1-2H3,(H,18,19). The van der Waals surface area contributed by atoms with Crippen molar-refractivity contribution in [1.29, 1.82) is 0 Å².